The number of nitrogens with one attached hydrogen (secondary N) is 1. The van der Waals surface area contributed by atoms with Gasteiger partial charge in [-0.2, -0.15) is 5.26 Å². The Balaban J connectivity index is 1.93. The van der Waals surface area contributed by atoms with Gasteiger partial charge in [-0.05, 0) is 30.2 Å². The van der Waals surface area contributed by atoms with Gasteiger partial charge in [0.05, 0.1) is 17.6 Å². The normalized spacial score (nSPS) is 11.4. The molecule has 0 aliphatic rings. The quantitative estimate of drug-likeness (QED) is 0.923. The molecule has 0 aliphatic heterocycles. The van der Waals surface area contributed by atoms with Gasteiger partial charge in [-0.25, -0.2) is 0 Å². The fourth-order valence-electron chi connectivity index (χ4n) is 1.93. The number of hydrogen-bond acceptors (Lipinski definition) is 2. The molecule has 2 aromatic carbocycles. The van der Waals surface area contributed by atoms with Gasteiger partial charge in [0.2, 0.25) is 5.91 Å². The average Bonchev–Trinajstić information content (AvgIpc) is 2.53. The molecular weight excluding hydrogens is 248 g/mol. The second kappa shape index (κ2) is 6.53. The first kappa shape index (κ1) is 13.8. The maximum absolute atomic E-state index is 12.1. The molecule has 1 amide bonds. The molecule has 20 heavy (non-hydrogen) atoms. The minimum atomic E-state index is -0.172. The van der Waals surface area contributed by atoms with Crippen LogP contribution in [0.2, 0.25) is 0 Å². The molecule has 0 heterocycles. The Kier molecular flexibility index (Phi) is 4.52. The van der Waals surface area contributed by atoms with Gasteiger partial charge in [0.1, 0.15) is 0 Å². The topological polar surface area (TPSA) is 52.9 Å². The number of carbonyl (C=O) groups is 1. The van der Waals surface area contributed by atoms with Gasteiger partial charge in [0.25, 0.3) is 0 Å². The summed E-state index contributed by atoms with van der Waals surface area (Å²) in [5, 5.41) is 11.6. The molecular formula is C17H16N2O. The highest BCUT2D eigenvalue weighted by Gasteiger charge is 2.14. The van der Waals surface area contributed by atoms with Crippen molar-refractivity contribution in [3.05, 3.63) is 71.3 Å². The van der Waals surface area contributed by atoms with Gasteiger partial charge in [-0.1, -0.05) is 42.5 Å². The maximum atomic E-state index is 12.1. The number of amides is 1. The summed E-state index contributed by atoms with van der Waals surface area (Å²) in [6.45, 7) is 2.37. The molecule has 1 unspecified atom stereocenters. The molecule has 2 rings (SSSR count). The molecule has 2 aromatic rings. The van der Waals surface area contributed by atoms with Gasteiger partial charge >= 0.3 is 0 Å². The third kappa shape index (κ3) is 3.46. The van der Waals surface area contributed by atoms with Crippen LogP contribution >= 0.6 is 0 Å². The zero-order valence-corrected chi connectivity index (χ0v) is 11.3. The van der Waals surface area contributed by atoms with E-state index in [1.807, 2.05) is 49.4 Å². The molecule has 0 spiro atoms. The molecule has 0 aliphatic carbocycles. The van der Waals surface area contributed by atoms with E-state index in [0.717, 1.165) is 11.1 Å². The molecule has 0 radical (unpaired) electrons. The first-order valence-electron chi connectivity index (χ1n) is 6.52. The van der Waals surface area contributed by atoms with Crippen molar-refractivity contribution in [3.63, 3.8) is 0 Å². The number of hydrogen-bond donors (Lipinski definition) is 1. The first-order chi connectivity index (χ1) is 9.70. The summed E-state index contributed by atoms with van der Waals surface area (Å²) in [4.78, 5) is 12.1. The zero-order chi connectivity index (χ0) is 14.4. The Morgan fingerprint density at radius 1 is 1.15 bits per heavy atom. The van der Waals surface area contributed by atoms with Crippen LogP contribution in [-0.2, 0) is 11.3 Å². The van der Waals surface area contributed by atoms with Crippen LogP contribution in [0.3, 0.4) is 0 Å². The summed E-state index contributed by atoms with van der Waals surface area (Å²) in [5.74, 6) is -0.171. The van der Waals surface area contributed by atoms with Crippen molar-refractivity contribution in [1.82, 2.24) is 5.32 Å². The molecule has 0 fully saturated rings. The lowest BCUT2D eigenvalue weighted by molar-refractivity contribution is -0.122. The number of nitriles is 1. The lowest BCUT2D eigenvalue weighted by atomic mass is 10.0. The van der Waals surface area contributed by atoms with E-state index in [4.69, 9.17) is 5.26 Å². The van der Waals surface area contributed by atoms with E-state index in [1.54, 1.807) is 12.1 Å². The smallest absolute Gasteiger partial charge is 0.227 e. The molecule has 0 aromatic heterocycles. The summed E-state index contributed by atoms with van der Waals surface area (Å²) in [7, 11) is 0. The summed E-state index contributed by atoms with van der Waals surface area (Å²) in [6.07, 6.45) is 0. The van der Waals surface area contributed by atoms with E-state index < -0.39 is 0 Å². The Morgan fingerprint density at radius 3 is 2.40 bits per heavy atom. The number of rotatable bonds is 4. The van der Waals surface area contributed by atoms with E-state index in [1.165, 1.54) is 0 Å². The lowest BCUT2D eigenvalue weighted by Gasteiger charge is -2.12. The fraction of sp³-hybridized carbons (Fsp3) is 0.176. The molecule has 0 saturated carbocycles. The van der Waals surface area contributed by atoms with Crippen LogP contribution in [-0.4, -0.2) is 5.91 Å². The van der Waals surface area contributed by atoms with Crippen molar-refractivity contribution in [2.45, 2.75) is 19.4 Å². The average molecular weight is 264 g/mol. The van der Waals surface area contributed by atoms with Crippen LogP contribution in [0.4, 0.5) is 0 Å². The van der Waals surface area contributed by atoms with Crippen LogP contribution < -0.4 is 5.32 Å². The highest BCUT2D eigenvalue weighted by Crippen LogP contribution is 2.14. The van der Waals surface area contributed by atoms with Crippen molar-refractivity contribution in [2.24, 2.45) is 0 Å². The number of benzene rings is 2. The van der Waals surface area contributed by atoms with E-state index in [0.29, 0.717) is 12.1 Å². The van der Waals surface area contributed by atoms with Crippen LogP contribution in [0, 0.1) is 11.3 Å². The van der Waals surface area contributed by atoms with Crippen molar-refractivity contribution in [1.29, 1.82) is 5.26 Å². The Bertz CT molecular complexity index is 612. The highest BCUT2D eigenvalue weighted by molar-refractivity contribution is 5.83. The monoisotopic (exact) mass is 264 g/mol. The maximum Gasteiger partial charge on any atom is 0.227 e. The molecule has 3 heteroatoms. The standard InChI is InChI=1S/C17H16N2O/c1-13(16-5-3-2-4-6-16)17(20)19-12-15-9-7-14(11-18)8-10-15/h2-10,13H,12H2,1H3,(H,19,20). The van der Waals surface area contributed by atoms with Crippen LogP contribution in [0.15, 0.2) is 54.6 Å². The second-order valence-electron chi connectivity index (χ2n) is 4.66. The van der Waals surface area contributed by atoms with Crippen molar-refractivity contribution < 1.29 is 4.79 Å². The molecule has 3 nitrogen and oxygen atoms in total. The van der Waals surface area contributed by atoms with E-state index >= 15 is 0 Å². The van der Waals surface area contributed by atoms with Crippen molar-refractivity contribution in [2.75, 3.05) is 0 Å². The van der Waals surface area contributed by atoms with Gasteiger partial charge in [-0.15, -0.1) is 0 Å². The highest BCUT2D eigenvalue weighted by atomic mass is 16.1. The van der Waals surface area contributed by atoms with E-state index in [9.17, 15) is 4.79 Å². The third-order valence-corrected chi connectivity index (χ3v) is 3.24. The largest absolute Gasteiger partial charge is 0.352 e. The molecule has 0 bridgehead atoms. The Labute approximate surface area is 118 Å². The molecule has 100 valence electrons. The fourth-order valence-corrected chi connectivity index (χ4v) is 1.93. The van der Waals surface area contributed by atoms with Gasteiger partial charge in [0, 0.05) is 6.54 Å². The molecule has 1 N–H and O–H groups in total. The zero-order valence-electron chi connectivity index (χ0n) is 11.3. The SMILES string of the molecule is CC(C(=O)NCc1ccc(C#N)cc1)c1ccccc1. The Morgan fingerprint density at radius 2 is 1.80 bits per heavy atom. The predicted octanol–water partition coefficient (Wildman–Crippen LogP) is 2.98. The van der Waals surface area contributed by atoms with Gasteiger partial charge < -0.3 is 5.32 Å². The van der Waals surface area contributed by atoms with Crippen LogP contribution in [0.5, 0.6) is 0 Å². The summed E-state index contributed by atoms with van der Waals surface area (Å²) in [6, 6.07) is 19.0. The van der Waals surface area contributed by atoms with Crippen molar-refractivity contribution in [3.8, 4) is 6.07 Å². The van der Waals surface area contributed by atoms with Crippen molar-refractivity contribution >= 4 is 5.91 Å². The van der Waals surface area contributed by atoms with E-state index in [2.05, 4.69) is 11.4 Å². The van der Waals surface area contributed by atoms with Crippen LogP contribution in [0.25, 0.3) is 0 Å². The minimum Gasteiger partial charge on any atom is -0.352 e. The third-order valence-electron chi connectivity index (χ3n) is 3.24. The predicted molar refractivity (Wildman–Crippen MR) is 77.9 cm³/mol. The minimum absolute atomic E-state index is 0.000518. The summed E-state index contributed by atoms with van der Waals surface area (Å²) in [5.41, 5.74) is 2.61. The molecule has 0 saturated heterocycles. The van der Waals surface area contributed by atoms with Gasteiger partial charge in [0.15, 0.2) is 0 Å². The second-order valence-corrected chi connectivity index (χ2v) is 4.66. The van der Waals surface area contributed by atoms with Crippen LogP contribution in [0.1, 0.15) is 29.5 Å². The summed E-state index contributed by atoms with van der Waals surface area (Å²) < 4.78 is 0. The van der Waals surface area contributed by atoms with E-state index in [-0.39, 0.29) is 11.8 Å². The lowest BCUT2D eigenvalue weighted by Crippen LogP contribution is -2.27. The molecule has 1 atom stereocenters. The summed E-state index contributed by atoms with van der Waals surface area (Å²) >= 11 is 0. The van der Waals surface area contributed by atoms with Gasteiger partial charge in [-0.3, -0.25) is 4.79 Å². The first-order valence-corrected chi connectivity index (χ1v) is 6.52. The Hall–Kier alpha value is -2.60. The number of nitrogens with zero attached hydrogens (tertiary/aromatic N) is 1. The number of carbonyl (C=O) groups excluding carboxylic acids is 1.